The van der Waals surface area contributed by atoms with Gasteiger partial charge in [0, 0.05) is 20.3 Å². The van der Waals surface area contributed by atoms with Gasteiger partial charge in [-0.05, 0) is 11.8 Å². The Bertz CT molecular complexity index is 242. The molecule has 0 aromatic rings. The van der Waals surface area contributed by atoms with Gasteiger partial charge in [0.05, 0.1) is 0 Å². The number of alkyl halides is 3. The number of hydrogen-bond acceptors (Lipinski definition) is 2. The lowest BCUT2D eigenvalue weighted by atomic mass is 9.90. The highest BCUT2D eigenvalue weighted by molar-refractivity contribution is 5.73. The quantitative estimate of drug-likeness (QED) is 0.762. The summed E-state index contributed by atoms with van der Waals surface area (Å²) in [4.78, 5) is 11.1. The molecule has 0 aromatic carbocycles. The number of hydrogen-bond donors (Lipinski definition) is 2. The second kappa shape index (κ2) is 6.68. The van der Waals surface area contributed by atoms with Gasteiger partial charge in [-0.15, -0.1) is 0 Å². The van der Waals surface area contributed by atoms with Crippen LogP contribution in [-0.2, 0) is 4.74 Å². The standard InChI is InChI=1S/C10H19F3N2O2/c1-9(2,4-5-17-3)6-14-8(16)15-7-10(11,12)13/h4-7H2,1-3H3,(H2,14,15,16). The summed E-state index contributed by atoms with van der Waals surface area (Å²) in [6, 6.07) is -0.812. The van der Waals surface area contributed by atoms with Gasteiger partial charge in [-0.1, -0.05) is 13.8 Å². The molecule has 0 radical (unpaired) electrons. The average molecular weight is 256 g/mol. The summed E-state index contributed by atoms with van der Waals surface area (Å²) in [5.41, 5.74) is -0.217. The van der Waals surface area contributed by atoms with Crippen molar-refractivity contribution in [3.8, 4) is 0 Å². The normalized spacial score (nSPS) is 12.4. The lowest BCUT2D eigenvalue weighted by Gasteiger charge is -2.24. The Balaban J connectivity index is 3.83. The van der Waals surface area contributed by atoms with Crippen LogP contribution < -0.4 is 10.6 Å². The van der Waals surface area contributed by atoms with E-state index < -0.39 is 18.8 Å². The predicted octanol–water partition coefficient (Wildman–Crippen LogP) is 1.91. The second-order valence-electron chi connectivity index (χ2n) is 4.56. The zero-order valence-corrected chi connectivity index (χ0v) is 10.3. The maximum Gasteiger partial charge on any atom is 0.405 e. The van der Waals surface area contributed by atoms with Crippen molar-refractivity contribution in [2.24, 2.45) is 5.41 Å². The van der Waals surface area contributed by atoms with E-state index in [4.69, 9.17) is 4.74 Å². The van der Waals surface area contributed by atoms with E-state index in [0.29, 0.717) is 19.6 Å². The zero-order chi connectivity index (χ0) is 13.5. The van der Waals surface area contributed by atoms with Gasteiger partial charge >= 0.3 is 12.2 Å². The van der Waals surface area contributed by atoms with Gasteiger partial charge in [0.1, 0.15) is 6.54 Å². The SMILES string of the molecule is COCCC(C)(C)CNC(=O)NCC(F)(F)F. The Morgan fingerprint density at radius 1 is 1.18 bits per heavy atom. The van der Waals surface area contributed by atoms with Crippen LogP contribution in [0.5, 0.6) is 0 Å². The van der Waals surface area contributed by atoms with Crippen molar-refractivity contribution < 1.29 is 22.7 Å². The Labute approximate surface area is 98.9 Å². The summed E-state index contributed by atoms with van der Waals surface area (Å²) in [7, 11) is 1.57. The van der Waals surface area contributed by atoms with E-state index >= 15 is 0 Å². The van der Waals surface area contributed by atoms with Crippen molar-refractivity contribution in [3.63, 3.8) is 0 Å². The highest BCUT2D eigenvalue weighted by atomic mass is 19.4. The Morgan fingerprint density at radius 3 is 2.18 bits per heavy atom. The van der Waals surface area contributed by atoms with Crippen LogP contribution in [0.15, 0.2) is 0 Å². The van der Waals surface area contributed by atoms with Gasteiger partial charge in [0.25, 0.3) is 0 Å². The molecule has 0 aromatic heterocycles. The second-order valence-corrected chi connectivity index (χ2v) is 4.56. The summed E-state index contributed by atoms with van der Waals surface area (Å²) in [6.07, 6.45) is -3.67. The van der Waals surface area contributed by atoms with Gasteiger partial charge in [-0.25, -0.2) is 4.79 Å². The summed E-state index contributed by atoms with van der Waals surface area (Å²) in [5.74, 6) is 0. The van der Waals surface area contributed by atoms with Crippen molar-refractivity contribution in [2.75, 3.05) is 26.8 Å². The molecule has 2 N–H and O–H groups in total. The molecular formula is C10H19F3N2O2. The number of amides is 2. The van der Waals surface area contributed by atoms with E-state index in [1.807, 2.05) is 13.8 Å². The topological polar surface area (TPSA) is 50.4 Å². The molecule has 0 spiro atoms. The summed E-state index contributed by atoms with van der Waals surface area (Å²) in [6.45, 7) is 3.31. The first kappa shape index (κ1) is 16.0. The molecule has 7 heteroatoms. The Hall–Kier alpha value is -0.980. The fourth-order valence-electron chi connectivity index (χ4n) is 1.03. The predicted molar refractivity (Wildman–Crippen MR) is 57.7 cm³/mol. The highest BCUT2D eigenvalue weighted by Gasteiger charge is 2.28. The van der Waals surface area contributed by atoms with E-state index in [9.17, 15) is 18.0 Å². The average Bonchev–Trinajstić information content (AvgIpc) is 2.20. The number of ether oxygens (including phenoxy) is 1. The van der Waals surface area contributed by atoms with Crippen LogP contribution in [0.4, 0.5) is 18.0 Å². The molecule has 4 nitrogen and oxygen atoms in total. The van der Waals surface area contributed by atoms with E-state index in [1.54, 1.807) is 12.4 Å². The molecule has 0 aliphatic rings. The maximum atomic E-state index is 11.8. The first-order chi connectivity index (χ1) is 7.66. The maximum absolute atomic E-state index is 11.8. The third-order valence-corrected chi connectivity index (χ3v) is 2.16. The fourth-order valence-corrected chi connectivity index (χ4v) is 1.03. The number of carbonyl (C=O) groups is 1. The number of nitrogens with one attached hydrogen (secondary N) is 2. The first-order valence-corrected chi connectivity index (χ1v) is 5.24. The van der Waals surface area contributed by atoms with Crippen LogP contribution in [0.25, 0.3) is 0 Å². The van der Waals surface area contributed by atoms with Crippen molar-refractivity contribution in [1.82, 2.24) is 10.6 Å². The van der Waals surface area contributed by atoms with Gasteiger partial charge in [-0.2, -0.15) is 13.2 Å². The van der Waals surface area contributed by atoms with E-state index in [1.165, 1.54) is 0 Å². The molecule has 0 aliphatic carbocycles. The molecule has 0 saturated carbocycles. The monoisotopic (exact) mass is 256 g/mol. The third kappa shape index (κ3) is 9.92. The Kier molecular flexibility index (Phi) is 6.30. The molecule has 0 fully saturated rings. The Morgan fingerprint density at radius 2 is 1.71 bits per heavy atom. The van der Waals surface area contributed by atoms with Crippen molar-refractivity contribution in [2.45, 2.75) is 26.4 Å². The van der Waals surface area contributed by atoms with Gasteiger partial charge in [0.15, 0.2) is 0 Å². The lowest BCUT2D eigenvalue weighted by molar-refractivity contribution is -0.122. The van der Waals surface area contributed by atoms with Crippen LogP contribution in [0.1, 0.15) is 20.3 Å². The van der Waals surface area contributed by atoms with Gasteiger partial charge in [-0.3, -0.25) is 0 Å². The van der Waals surface area contributed by atoms with Crippen molar-refractivity contribution in [3.05, 3.63) is 0 Å². The number of carbonyl (C=O) groups excluding carboxylic acids is 1. The number of rotatable bonds is 6. The molecule has 0 rings (SSSR count). The molecule has 0 saturated heterocycles. The molecule has 102 valence electrons. The largest absolute Gasteiger partial charge is 0.405 e. The molecule has 0 aliphatic heterocycles. The minimum atomic E-state index is -4.39. The van der Waals surface area contributed by atoms with Crippen LogP contribution in [-0.4, -0.2) is 39.0 Å². The minimum absolute atomic E-state index is 0.217. The van der Waals surface area contributed by atoms with Crippen molar-refractivity contribution >= 4 is 6.03 Å². The fraction of sp³-hybridized carbons (Fsp3) is 0.900. The highest BCUT2D eigenvalue weighted by Crippen LogP contribution is 2.18. The van der Waals surface area contributed by atoms with Gasteiger partial charge in [0.2, 0.25) is 0 Å². The first-order valence-electron chi connectivity index (χ1n) is 5.24. The molecule has 2 amide bonds. The summed E-state index contributed by atoms with van der Waals surface area (Å²) < 4.78 is 40.3. The zero-order valence-electron chi connectivity index (χ0n) is 10.3. The van der Waals surface area contributed by atoms with E-state index in [2.05, 4.69) is 5.32 Å². The smallest absolute Gasteiger partial charge is 0.385 e. The van der Waals surface area contributed by atoms with Crippen LogP contribution in [0.2, 0.25) is 0 Å². The molecule has 0 bridgehead atoms. The molecule has 17 heavy (non-hydrogen) atoms. The molecular weight excluding hydrogens is 237 g/mol. The lowest BCUT2D eigenvalue weighted by Crippen LogP contribution is -2.44. The number of urea groups is 1. The third-order valence-electron chi connectivity index (χ3n) is 2.16. The van der Waals surface area contributed by atoms with Crippen LogP contribution in [0.3, 0.4) is 0 Å². The number of halogens is 3. The van der Waals surface area contributed by atoms with Crippen molar-refractivity contribution in [1.29, 1.82) is 0 Å². The van der Waals surface area contributed by atoms with E-state index in [-0.39, 0.29) is 5.41 Å². The molecule has 0 unspecified atom stereocenters. The minimum Gasteiger partial charge on any atom is -0.385 e. The van der Waals surface area contributed by atoms with Gasteiger partial charge < -0.3 is 15.4 Å². The summed E-state index contributed by atoms with van der Waals surface area (Å²) in [5, 5.41) is 4.14. The van der Waals surface area contributed by atoms with Crippen LogP contribution in [0, 0.1) is 5.41 Å². The number of methoxy groups -OCH3 is 1. The molecule has 0 atom stereocenters. The molecule has 0 heterocycles. The van der Waals surface area contributed by atoms with E-state index in [0.717, 1.165) is 0 Å². The summed E-state index contributed by atoms with van der Waals surface area (Å²) >= 11 is 0. The van der Waals surface area contributed by atoms with Crippen LogP contribution >= 0.6 is 0 Å².